The summed E-state index contributed by atoms with van der Waals surface area (Å²) in [6.45, 7) is 0. The SMILES string of the molecule is Cl.Nc1ncc([C@@H]2C[C@H]2N)cc1-c1cccc(Cl)c1. The number of nitrogen functional groups attached to an aromatic ring is 1. The third-order valence-corrected chi connectivity index (χ3v) is 3.58. The van der Waals surface area contributed by atoms with Gasteiger partial charge in [0.1, 0.15) is 5.82 Å². The Morgan fingerprint density at radius 2 is 2.00 bits per heavy atom. The Balaban J connectivity index is 0.00000133. The molecule has 1 saturated carbocycles. The van der Waals surface area contributed by atoms with E-state index >= 15 is 0 Å². The highest BCUT2D eigenvalue weighted by Crippen LogP contribution is 2.40. The van der Waals surface area contributed by atoms with E-state index in [9.17, 15) is 0 Å². The lowest BCUT2D eigenvalue weighted by Gasteiger charge is -2.08. The molecule has 2 aromatic rings. The van der Waals surface area contributed by atoms with E-state index in [0.29, 0.717) is 16.8 Å². The van der Waals surface area contributed by atoms with Crippen LogP contribution in [0.1, 0.15) is 17.9 Å². The molecule has 0 radical (unpaired) electrons. The Morgan fingerprint density at radius 3 is 2.63 bits per heavy atom. The molecule has 19 heavy (non-hydrogen) atoms. The van der Waals surface area contributed by atoms with Crippen molar-refractivity contribution in [2.24, 2.45) is 5.73 Å². The van der Waals surface area contributed by atoms with Crippen LogP contribution in [-0.2, 0) is 0 Å². The van der Waals surface area contributed by atoms with E-state index in [2.05, 4.69) is 11.1 Å². The molecule has 3 nitrogen and oxygen atoms in total. The number of benzene rings is 1. The molecule has 0 aliphatic heterocycles. The second-order valence-corrected chi connectivity index (χ2v) is 5.15. The van der Waals surface area contributed by atoms with Crippen molar-refractivity contribution in [3.63, 3.8) is 0 Å². The molecule has 1 aromatic heterocycles. The number of nitrogens with two attached hydrogens (primary N) is 2. The van der Waals surface area contributed by atoms with Crippen molar-refractivity contribution in [3.8, 4) is 11.1 Å². The highest BCUT2D eigenvalue weighted by Gasteiger charge is 2.35. The normalized spacial score (nSPS) is 20.7. The Morgan fingerprint density at radius 1 is 1.26 bits per heavy atom. The van der Waals surface area contributed by atoms with Gasteiger partial charge >= 0.3 is 0 Å². The molecule has 1 aliphatic rings. The zero-order valence-corrected chi connectivity index (χ0v) is 11.8. The van der Waals surface area contributed by atoms with E-state index in [-0.39, 0.29) is 18.4 Å². The molecule has 1 fully saturated rings. The molecule has 0 unspecified atom stereocenters. The van der Waals surface area contributed by atoms with Crippen LogP contribution in [-0.4, -0.2) is 11.0 Å². The molecule has 3 rings (SSSR count). The minimum absolute atomic E-state index is 0. The molecule has 0 saturated heterocycles. The predicted molar refractivity (Wildman–Crippen MR) is 81.7 cm³/mol. The molecule has 0 spiro atoms. The average Bonchev–Trinajstić information content (AvgIpc) is 3.07. The first-order chi connectivity index (χ1) is 8.65. The lowest BCUT2D eigenvalue weighted by atomic mass is 10.0. The summed E-state index contributed by atoms with van der Waals surface area (Å²) in [5.74, 6) is 0.950. The van der Waals surface area contributed by atoms with E-state index in [1.807, 2.05) is 30.5 Å². The molecule has 5 heteroatoms. The number of aromatic nitrogens is 1. The van der Waals surface area contributed by atoms with Gasteiger partial charge in [-0.1, -0.05) is 23.7 Å². The van der Waals surface area contributed by atoms with E-state index in [1.54, 1.807) is 0 Å². The third kappa shape index (κ3) is 2.84. The Hall–Kier alpha value is -1.29. The van der Waals surface area contributed by atoms with Crippen molar-refractivity contribution in [1.29, 1.82) is 0 Å². The molecular formula is C14H15Cl2N3. The van der Waals surface area contributed by atoms with Gasteiger partial charge in [0.15, 0.2) is 0 Å². The van der Waals surface area contributed by atoms with Gasteiger partial charge < -0.3 is 11.5 Å². The van der Waals surface area contributed by atoms with Crippen LogP contribution in [0.2, 0.25) is 5.02 Å². The molecule has 1 aliphatic carbocycles. The van der Waals surface area contributed by atoms with Gasteiger partial charge in [-0.3, -0.25) is 0 Å². The maximum absolute atomic E-state index is 6.00. The summed E-state index contributed by atoms with van der Waals surface area (Å²) in [4.78, 5) is 4.26. The lowest BCUT2D eigenvalue weighted by Crippen LogP contribution is -2.02. The topological polar surface area (TPSA) is 64.9 Å². The van der Waals surface area contributed by atoms with Crippen LogP contribution >= 0.6 is 24.0 Å². The van der Waals surface area contributed by atoms with E-state index in [1.165, 1.54) is 0 Å². The van der Waals surface area contributed by atoms with Gasteiger partial charge in [0, 0.05) is 28.7 Å². The van der Waals surface area contributed by atoms with Gasteiger partial charge in [0.2, 0.25) is 0 Å². The van der Waals surface area contributed by atoms with Crippen LogP contribution in [0.3, 0.4) is 0 Å². The third-order valence-electron chi connectivity index (χ3n) is 3.34. The number of rotatable bonds is 2. The van der Waals surface area contributed by atoms with Crippen molar-refractivity contribution >= 4 is 29.8 Å². The van der Waals surface area contributed by atoms with Gasteiger partial charge in [0.25, 0.3) is 0 Å². The van der Waals surface area contributed by atoms with Crippen LogP contribution in [0, 0.1) is 0 Å². The van der Waals surface area contributed by atoms with Crippen LogP contribution < -0.4 is 11.5 Å². The number of hydrogen-bond donors (Lipinski definition) is 2. The van der Waals surface area contributed by atoms with Crippen LogP contribution in [0.5, 0.6) is 0 Å². The van der Waals surface area contributed by atoms with E-state index in [4.69, 9.17) is 23.1 Å². The van der Waals surface area contributed by atoms with Crippen LogP contribution in [0.25, 0.3) is 11.1 Å². The monoisotopic (exact) mass is 295 g/mol. The number of halogens is 2. The molecule has 0 bridgehead atoms. The van der Waals surface area contributed by atoms with Crippen LogP contribution in [0.15, 0.2) is 36.5 Å². The lowest BCUT2D eigenvalue weighted by molar-refractivity contribution is 0.982. The minimum Gasteiger partial charge on any atom is -0.383 e. The molecule has 2 atom stereocenters. The van der Waals surface area contributed by atoms with Crippen molar-refractivity contribution in [3.05, 3.63) is 47.1 Å². The Labute approximate surface area is 123 Å². The standard InChI is InChI=1S/C14H14ClN3.ClH/c15-10-3-1-2-8(4-10)12-5-9(7-18-14(12)17)11-6-13(11)16;/h1-5,7,11,13H,6,16H2,(H2,17,18);1H/t11-,13+;/m0./s1. The van der Waals surface area contributed by atoms with Gasteiger partial charge in [-0.05, 0) is 35.7 Å². The summed E-state index contributed by atoms with van der Waals surface area (Å²) < 4.78 is 0. The van der Waals surface area contributed by atoms with Gasteiger partial charge in [0.05, 0.1) is 0 Å². The number of anilines is 1. The molecule has 4 N–H and O–H groups in total. The summed E-state index contributed by atoms with van der Waals surface area (Å²) in [7, 11) is 0. The highest BCUT2D eigenvalue weighted by atomic mass is 35.5. The quantitative estimate of drug-likeness (QED) is 0.894. The minimum atomic E-state index is 0. The second-order valence-electron chi connectivity index (χ2n) is 4.72. The first kappa shape index (κ1) is 14.1. The van der Waals surface area contributed by atoms with Crippen LogP contribution in [0.4, 0.5) is 5.82 Å². The first-order valence-corrected chi connectivity index (χ1v) is 6.30. The largest absolute Gasteiger partial charge is 0.383 e. The van der Waals surface area contributed by atoms with Crippen molar-refractivity contribution in [2.45, 2.75) is 18.4 Å². The molecular weight excluding hydrogens is 281 g/mol. The maximum Gasteiger partial charge on any atom is 0.131 e. The second kappa shape index (κ2) is 5.37. The van der Waals surface area contributed by atoms with Crippen molar-refractivity contribution < 1.29 is 0 Å². The Bertz CT molecular complexity index is 601. The average molecular weight is 296 g/mol. The van der Waals surface area contributed by atoms with Gasteiger partial charge in [-0.15, -0.1) is 12.4 Å². The fraction of sp³-hybridized carbons (Fsp3) is 0.214. The molecule has 100 valence electrons. The van der Waals surface area contributed by atoms with Crippen molar-refractivity contribution in [2.75, 3.05) is 5.73 Å². The van der Waals surface area contributed by atoms with Crippen molar-refractivity contribution in [1.82, 2.24) is 4.98 Å². The fourth-order valence-electron chi connectivity index (χ4n) is 2.18. The zero-order valence-electron chi connectivity index (χ0n) is 10.2. The fourth-order valence-corrected chi connectivity index (χ4v) is 2.37. The molecule has 1 aromatic carbocycles. The van der Waals surface area contributed by atoms with Gasteiger partial charge in [-0.25, -0.2) is 4.98 Å². The predicted octanol–water partition coefficient (Wildman–Crippen LogP) is 3.22. The van der Waals surface area contributed by atoms with E-state index < -0.39 is 0 Å². The number of hydrogen-bond acceptors (Lipinski definition) is 3. The summed E-state index contributed by atoms with van der Waals surface area (Å²) in [6, 6.07) is 9.97. The molecule has 0 amide bonds. The smallest absolute Gasteiger partial charge is 0.131 e. The highest BCUT2D eigenvalue weighted by molar-refractivity contribution is 6.30. The van der Waals surface area contributed by atoms with E-state index in [0.717, 1.165) is 23.1 Å². The van der Waals surface area contributed by atoms with Gasteiger partial charge in [-0.2, -0.15) is 0 Å². The Kier molecular flexibility index (Phi) is 3.99. The zero-order chi connectivity index (χ0) is 12.7. The maximum atomic E-state index is 6.00. The number of nitrogens with zero attached hydrogens (tertiary/aromatic N) is 1. The summed E-state index contributed by atoms with van der Waals surface area (Å²) in [6.07, 6.45) is 2.85. The summed E-state index contributed by atoms with van der Waals surface area (Å²) in [5, 5.41) is 0.695. The summed E-state index contributed by atoms with van der Waals surface area (Å²) in [5.41, 5.74) is 14.9. The summed E-state index contributed by atoms with van der Waals surface area (Å²) >= 11 is 6.00. The molecule has 1 heterocycles. The first-order valence-electron chi connectivity index (χ1n) is 5.92. The number of pyridine rings is 1.